The Labute approximate surface area is 130 Å². The van der Waals surface area contributed by atoms with Crippen LogP contribution in [0.4, 0.5) is 4.39 Å². The fourth-order valence-corrected chi connectivity index (χ4v) is 2.43. The molecule has 0 aromatic heterocycles. The van der Waals surface area contributed by atoms with Crippen molar-refractivity contribution in [1.82, 2.24) is 5.32 Å². The molecule has 1 unspecified atom stereocenters. The van der Waals surface area contributed by atoms with Gasteiger partial charge < -0.3 is 15.8 Å². The lowest BCUT2D eigenvalue weighted by Crippen LogP contribution is -2.47. The summed E-state index contributed by atoms with van der Waals surface area (Å²) in [6.07, 6.45) is 2.11. The van der Waals surface area contributed by atoms with Crippen molar-refractivity contribution < 1.29 is 13.9 Å². The van der Waals surface area contributed by atoms with Crippen molar-refractivity contribution in [3.8, 4) is 0 Å². The van der Waals surface area contributed by atoms with Crippen LogP contribution in [0.3, 0.4) is 0 Å². The minimum absolute atomic E-state index is 0. The molecule has 0 aliphatic carbocycles. The Bertz CT molecular complexity index is 453. The highest BCUT2D eigenvalue weighted by Crippen LogP contribution is 2.17. The summed E-state index contributed by atoms with van der Waals surface area (Å²) in [6.45, 7) is 1.73. The minimum atomic E-state index is -0.500. The second kappa shape index (κ2) is 8.97. The number of amides is 1. The van der Waals surface area contributed by atoms with Crippen LogP contribution in [0.5, 0.6) is 0 Å². The Morgan fingerprint density at radius 2 is 2.05 bits per heavy atom. The smallest absolute Gasteiger partial charge is 0.237 e. The number of hydrogen-bond donors (Lipinski definition) is 2. The molecule has 1 aromatic rings. The van der Waals surface area contributed by atoms with Gasteiger partial charge in [-0.3, -0.25) is 4.79 Å². The van der Waals surface area contributed by atoms with Crippen LogP contribution < -0.4 is 11.1 Å². The minimum Gasteiger partial charge on any atom is -0.381 e. The summed E-state index contributed by atoms with van der Waals surface area (Å²) in [4.78, 5) is 11.9. The van der Waals surface area contributed by atoms with Gasteiger partial charge in [0, 0.05) is 19.8 Å². The molecule has 1 fully saturated rings. The van der Waals surface area contributed by atoms with Gasteiger partial charge in [0.2, 0.25) is 5.91 Å². The lowest BCUT2D eigenvalue weighted by Gasteiger charge is -2.26. The molecule has 118 valence electrons. The SMILES string of the molecule is Cl.NC(C(=O)NCCc1ccccc1F)C1CCOCC1. The molecule has 6 heteroatoms. The van der Waals surface area contributed by atoms with Crippen molar-refractivity contribution in [2.45, 2.75) is 25.3 Å². The van der Waals surface area contributed by atoms with E-state index in [4.69, 9.17) is 10.5 Å². The summed E-state index contributed by atoms with van der Waals surface area (Å²) >= 11 is 0. The normalized spacial score (nSPS) is 16.9. The third-order valence-corrected chi connectivity index (χ3v) is 3.73. The van der Waals surface area contributed by atoms with Gasteiger partial charge >= 0.3 is 0 Å². The summed E-state index contributed by atoms with van der Waals surface area (Å²) in [5.74, 6) is -0.221. The average molecular weight is 317 g/mol. The number of hydrogen-bond acceptors (Lipinski definition) is 3. The number of nitrogens with one attached hydrogen (secondary N) is 1. The number of halogens is 2. The summed E-state index contributed by atoms with van der Waals surface area (Å²) in [5, 5.41) is 2.78. The number of carbonyl (C=O) groups is 1. The highest BCUT2D eigenvalue weighted by atomic mass is 35.5. The van der Waals surface area contributed by atoms with E-state index in [-0.39, 0.29) is 30.0 Å². The van der Waals surface area contributed by atoms with Gasteiger partial charge in [-0.1, -0.05) is 18.2 Å². The molecule has 21 heavy (non-hydrogen) atoms. The molecule has 1 aliphatic heterocycles. The zero-order chi connectivity index (χ0) is 14.4. The Kier molecular flexibility index (Phi) is 7.64. The molecule has 1 aromatic carbocycles. The number of carbonyl (C=O) groups excluding carboxylic acids is 1. The quantitative estimate of drug-likeness (QED) is 0.868. The first-order valence-corrected chi connectivity index (χ1v) is 7.03. The van der Waals surface area contributed by atoms with Crippen molar-refractivity contribution in [3.05, 3.63) is 35.6 Å². The van der Waals surface area contributed by atoms with Gasteiger partial charge in [-0.05, 0) is 36.8 Å². The van der Waals surface area contributed by atoms with E-state index < -0.39 is 6.04 Å². The zero-order valence-corrected chi connectivity index (χ0v) is 12.7. The summed E-state index contributed by atoms with van der Waals surface area (Å²) in [6, 6.07) is 6.08. The van der Waals surface area contributed by atoms with Gasteiger partial charge in [-0.2, -0.15) is 0 Å². The maximum absolute atomic E-state index is 13.4. The average Bonchev–Trinajstić information content (AvgIpc) is 2.49. The molecule has 1 aliphatic rings. The predicted octanol–water partition coefficient (Wildman–Crippen LogP) is 1.66. The van der Waals surface area contributed by atoms with E-state index in [0.29, 0.717) is 31.7 Å². The zero-order valence-electron chi connectivity index (χ0n) is 11.9. The van der Waals surface area contributed by atoms with Crippen molar-refractivity contribution in [1.29, 1.82) is 0 Å². The molecule has 1 saturated heterocycles. The van der Waals surface area contributed by atoms with Crippen LogP contribution in [0.1, 0.15) is 18.4 Å². The van der Waals surface area contributed by atoms with Gasteiger partial charge in [-0.15, -0.1) is 12.4 Å². The van der Waals surface area contributed by atoms with E-state index >= 15 is 0 Å². The molecule has 2 rings (SSSR count). The van der Waals surface area contributed by atoms with Crippen molar-refractivity contribution in [2.75, 3.05) is 19.8 Å². The molecule has 0 saturated carbocycles. The number of rotatable bonds is 5. The Balaban J connectivity index is 0.00000220. The second-order valence-electron chi connectivity index (χ2n) is 5.11. The van der Waals surface area contributed by atoms with Gasteiger partial charge in [0.05, 0.1) is 6.04 Å². The van der Waals surface area contributed by atoms with Crippen molar-refractivity contribution in [2.24, 2.45) is 11.7 Å². The highest BCUT2D eigenvalue weighted by Gasteiger charge is 2.26. The van der Waals surface area contributed by atoms with Crippen LogP contribution in [0.2, 0.25) is 0 Å². The summed E-state index contributed by atoms with van der Waals surface area (Å²) < 4.78 is 18.7. The van der Waals surface area contributed by atoms with Crippen molar-refractivity contribution in [3.63, 3.8) is 0 Å². The highest BCUT2D eigenvalue weighted by molar-refractivity contribution is 5.85. The van der Waals surface area contributed by atoms with E-state index in [1.165, 1.54) is 6.07 Å². The predicted molar refractivity (Wildman–Crippen MR) is 81.9 cm³/mol. The molecule has 0 spiro atoms. The van der Waals surface area contributed by atoms with Crippen LogP contribution in [-0.4, -0.2) is 31.7 Å². The number of nitrogens with two attached hydrogens (primary N) is 1. The molecule has 0 bridgehead atoms. The molecular weight excluding hydrogens is 295 g/mol. The largest absolute Gasteiger partial charge is 0.381 e. The van der Waals surface area contributed by atoms with Gasteiger partial charge in [-0.25, -0.2) is 4.39 Å². The molecular formula is C15H22ClFN2O2. The van der Waals surface area contributed by atoms with Gasteiger partial charge in [0.15, 0.2) is 0 Å². The van der Waals surface area contributed by atoms with Crippen LogP contribution in [0, 0.1) is 11.7 Å². The first kappa shape index (κ1) is 17.9. The standard InChI is InChI=1S/C15H21FN2O2.ClH/c16-13-4-2-1-3-11(13)5-8-18-15(19)14(17)12-6-9-20-10-7-12;/h1-4,12,14H,5-10,17H2,(H,18,19);1H. The Hall–Kier alpha value is -1.17. The van der Waals surface area contributed by atoms with E-state index in [1.807, 2.05) is 0 Å². The summed E-state index contributed by atoms with van der Waals surface area (Å²) in [7, 11) is 0. The van der Waals surface area contributed by atoms with E-state index in [1.54, 1.807) is 18.2 Å². The fourth-order valence-electron chi connectivity index (χ4n) is 2.43. The monoisotopic (exact) mass is 316 g/mol. The third-order valence-electron chi connectivity index (χ3n) is 3.73. The summed E-state index contributed by atoms with van der Waals surface area (Å²) in [5.41, 5.74) is 6.56. The topological polar surface area (TPSA) is 64.4 Å². The van der Waals surface area contributed by atoms with E-state index in [0.717, 1.165) is 12.8 Å². The first-order chi connectivity index (χ1) is 9.68. The van der Waals surface area contributed by atoms with E-state index in [2.05, 4.69) is 5.32 Å². The van der Waals surface area contributed by atoms with Crippen LogP contribution in [-0.2, 0) is 16.0 Å². The van der Waals surface area contributed by atoms with Crippen LogP contribution >= 0.6 is 12.4 Å². The molecule has 4 nitrogen and oxygen atoms in total. The Morgan fingerprint density at radius 1 is 1.38 bits per heavy atom. The number of benzene rings is 1. The molecule has 1 heterocycles. The molecule has 1 atom stereocenters. The second-order valence-corrected chi connectivity index (χ2v) is 5.11. The van der Waals surface area contributed by atoms with Crippen LogP contribution in [0.15, 0.2) is 24.3 Å². The Morgan fingerprint density at radius 3 is 2.71 bits per heavy atom. The number of ether oxygens (including phenoxy) is 1. The lowest BCUT2D eigenvalue weighted by atomic mass is 9.92. The first-order valence-electron chi connectivity index (χ1n) is 7.03. The molecule has 0 radical (unpaired) electrons. The van der Waals surface area contributed by atoms with Crippen LogP contribution in [0.25, 0.3) is 0 Å². The molecule has 3 N–H and O–H groups in total. The van der Waals surface area contributed by atoms with Gasteiger partial charge in [0.25, 0.3) is 0 Å². The maximum atomic E-state index is 13.4. The maximum Gasteiger partial charge on any atom is 0.237 e. The molecule has 1 amide bonds. The van der Waals surface area contributed by atoms with Crippen molar-refractivity contribution >= 4 is 18.3 Å². The third kappa shape index (κ3) is 5.26. The lowest BCUT2D eigenvalue weighted by molar-refractivity contribution is -0.124. The fraction of sp³-hybridized carbons (Fsp3) is 0.533. The van der Waals surface area contributed by atoms with Gasteiger partial charge in [0.1, 0.15) is 5.82 Å². The van der Waals surface area contributed by atoms with E-state index in [9.17, 15) is 9.18 Å².